The first kappa shape index (κ1) is 15.4. The minimum atomic E-state index is -0.366. The highest BCUT2D eigenvalue weighted by Crippen LogP contribution is 2.07. The van der Waals surface area contributed by atoms with E-state index in [1.54, 1.807) is 17.3 Å². The summed E-state index contributed by atoms with van der Waals surface area (Å²) in [6.07, 6.45) is 3.36. The fourth-order valence-electron chi connectivity index (χ4n) is 1.47. The molecule has 2 N–H and O–H groups in total. The van der Waals surface area contributed by atoms with E-state index in [0.717, 1.165) is 5.56 Å². The lowest BCUT2D eigenvalue weighted by Gasteiger charge is -2.23. The van der Waals surface area contributed by atoms with Crippen molar-refractivity contribution in [1.82, 2.24) is 9.88 Å². The van der Waals surface area contributed by atoms with Crippen molar-refractivity contribution in [3.8, 4) is 0 Å². The Labute approximate surface area is 118 Å². The van der Waals surface area contributed by atoms with Crippen LogP contribution in [0.5, 0.6) is 0 Å². The molecule has 0 spiro atoms. The van der Waals surface area contributed by atoms with Gasteiger partial charge in [-0.2, -0.15) is 0 Å². The molecule has 0 unspecified atom stereocenters. The van der Waals surface area contributed by atoms with Crippen molar-refractivity contribution in [2.75, 3.05) is 6.54 Å². The SMILES string of the molecule is CC(C)OC(=O)N(CCC(N)=S)Cc1cccnc1. The first-order valence-electron chi connectivity index (χ1n) is 6.12. The zero-order valence-corrected chi connectivity index (χ0v) is 12.0. The van der Waals surface area contributed by atoms with E-state index in [2.05, 4.69) is 4.98 Å². The lowest BCUT2D eigenvalue weighted by molar-refractivity contribution is 0.0754. The quantitative estimate of drug-likeness (QED) is 0.809. The summed E-state index contributed by atoms with van der Waals surface area (Å²) in [5, 5.41) is 0. The van der Waals surface area contributed by atoms with Crippen LogP contribution in [0.4, 0.5) is 4.79 Å². The largest absolute Gasteiger partial charge is 0.447 e. The van der Waals surface area contributed by atoms with Crippen molar-refractivity contribution in [2.45, 2.75) is 32.9 Å². The number of carbonyl (C=O) groups is 1. The summed E-state index contributed by atoms with van der Waals surface area (Å²) >= 11 is 4.84. The predicted molar refractivity (Wildman–Crippen MR) is 77.7 cm³/mol. The van der Waals surface area contributed by atoms with E-state index in [9.17, 15) is 4.79 Å². The van der Waals surface area contributed by atoms with Gasteiger partial charge < -0.3 is 15.4 Å². The van der Waals surface area contributed by atoms with Crippen molar-refractivity contribution in [3.63, 3.8) is 0 Å². The summed E-state index contributed by atoms with van der Waals surface area (Å²) in [7, 11) is 0. The zero-order chi connectivity index (χ0) is 14.3. The van der Waals surface area contributed by atoms with E-state index in [4.69, 9.17) is 22.7 Å². The lowest BCUT2D eigenvalue weighted by atomic mass is 10.2. The highest BCUT2D eigenvalue weighted by Gasteiger charge is 2.16. The Morgan fingerprint density at radius 2 is 2.32 bits per heavy atom. The average Bonchev–Trinajstić information content (AvgIpc) is 2.34. The molecule has 0 fully saturated rings. The number of nitrogens with zero attached hydrogens (tertiary/aromatic N) is 2. The molecule has 0 saturated heterocycles. The van der Waals surface area contributed by atoms with Gasteiger partial charge in [-0.15, -0.1) is 0 Å². The molecule has 0 saturated carbocycles. The van der Waals surface area contributed by atoms with Crippen LogP contribution in [0.1, 0.15) is 25.8 Å². The van der Waals surface area contributed by atoms with E-state index in [0.29, 0.717) is 24.5 Å². The second kappa shape index (κ2) is 7.68. The first-order chi connectivity index (χ1) is 8.99. The topological polar surface area (TPSA) is 68.5 Å². The van der Waals surface area contributed by atoms with Gasteiger partial charge >= 0.3 is 6.09 Å². The van der Waals surface area contributed by atoms with Crippen molar-refractivity contribution in [1.29, 1.82) is 0 Å². The molecule has 1 amide bonds. The van der Waals surface area contributed by atoms with Gasteiger partial charge in [-0.05, 0) is 25.5 Å². The minimum Gasteiger partial charge on any atom is -0.447 e. The molecule has 1 aromatic rings. The molecule has 1 aromatic heterocycles. The maximum atomic E-state index is 12.0. The van der Waals surface area contributed by atoms with Crippen molar-refractivity contribution >= 4 is 23.3 Å². The summed E-state index contributed by atoms with van der Waals surface area (Å²) in [5.41, 5.74) is 6.41. The number of aromatic nitrogens is 1. The summed E-state index contributed by atoms with van der Waals surface area (Å²) in [6, 6.07) is 3.73. The maximum absolute atomic E-state index is 12.0. The molecule has 6 heteroatoms. The Bertz CT molecular complexity index is 423. The number of hydrogen-bond donors (Lipinski definition) is 1. The predicted octanol–water partition coefficient (Wildman–Crippen LogP) is 2.10. The minimum absolute atomic E-state index is 0.159. The number of ether oxygens (including phenoxy) is 1. The van der Waals surface area contributed by atoms with Crippen LogP contribution in [0.15, 0.2) is 24.5 Å². The van der Waals surface area contributed by atoms with E-state index >= 15 is 0 Å². The summed E-state index contributed by atoms with van der Waals surface area (Å²) in [6.45, 7) is 4.50. The van der Waals surface area contributed by atoms with Gasteiger partial charge in [0.2, 0.25) is 0 Å². The Balaban J connectivity index is 2.68. The molecule has 0 aromatic carbocycles. The van der Waals surface area contributed by atoms with Gasteiger partial charge in [-0.3, -0.25) is 4.98 Å². The molecule has 0 aliphatic heterocycles. The smallest absolute Gasteiger partial charge is 0.410 e. The fraction of sp³-hybridized carbons (Fsp3) is 0.462. The zero-order valence-electron chi connectivity index (χ0n) is 11.2. The molecule has 0 atom stereocenters. The standard InChI is InChI=1S/C13H19N3O2S/c1-10(2)18-13(17)16(7-5-12(14)19)9-11-4-3-6-15-8-11/h3-4,6,8,10H,5,7,9H2,1-2H3,(H2,14,19). The van der Waals surface area contributed by atoms with Crippen molar-refractivity contribution in [2.24, 2.45) is 5.73 Å². The lowest BCUT2D eigenvalue weighted by Crippen LogP contribution is -2.35. The summed E-state index contributed by atoms with van der Waals surface area (Å²) < 4.78 is 5.20. The van der Waals surface area contributed by atoms with Crippen LogP contribution in [0, 0.1) is 0 Å². The molecule has 0 aliphatic carbocycles. The number of nitrogens with two attached hydrogens (primary N) is 1. The van der Waals surface area contributed by atoms with Gasteiger partial charge in [0.25, 0.3) is 0 Å². The van der Waals surface area contributed by atoms with Crippen LogP contribution in [0.2, 0.25) is 0 Å². The van der Waals surface area contributed by atoms with Gasteiger partial charge in [0, 0.05) is 25.4 Å². The van der Waals surface area contributed by atoms with Crippen LogP contribution in [0.3, 0.4) is 0 Å². The van der Waals surface area contributed by atoms with E-state index in [-0.39, 0.29) is 12.2 Å². The molecule has 19 heavy (non-hydrogen) atoms. The van der Waals surface area contributed by atoms with Gasteiger partial charge in [0.15, 0.2) is 0 Å². The molecule has 5 nitrogen and oxygen atoms in total. The maximum Gasteiger partial charge on any atom is 0.410 e. The molecular formula is C13H19N3O2S. The average molecular weight is 281 g/mol. The first-order valence-corrected chi connectivity index (χ1v) is 6.52. The monoisotopic (exact) mass is 281 g/mol. The Kier molecular flexibility index (Phi) is 6.21. The Morgan fingerprint density at radius 1 is 1.58 bits per heavy atom. The molecule has 1 rings (SSSR count). The number of rotatable bonds is 6. The highest BCUT2D eigenvalue weighted by molar-refractivity contribution is 7.80. The van der Waals surface area contributed by atoms with Crippen LogP contribution < -0.4 is 5.73 Å². The van der Waals surface area contributed by atoms with Crippen molar-refractivity contribution < 1.29 is 9.53 Å². The number of hydrogen-bond acceptors (Lipinski definition) is 4. The molecule has 0 radical (unpaired) electrons. The van der Waals surface area contributed by atoms with Gasteiger partial charge in [-0.25, -0.2) is 4.79 Å². The third kappa shape index (κ3) is 6.15. The Morgan fingerprint density at radius 3 is 2.84 bits per heavy atom. The van der Waals surface area contributed by atoms with E-state index in [1.165, 1.54) is 0 Å². The van der Waals surface area contributed by atoms with Crippen LogP contribution in [-0.2, 0) is 11.3 Å². The highest BCUT2D eigenvalue weighted by atomic mass is 32.1. The number of thiocarbonyl (C=S) groups is 1. The van der Waals surface area contributed by atoms with Gasteiger partial charge in [0.1, 0.15) is 0 Å². The molecule has 1 heterocycles. The number of carbonyl (C=O) groups excluding carboxylic acids is 1. The van der Waals surface area contributed by atoms with Crippen LogP contribution in [-0.4, -0.2) is 33.6 Å². The third-order valence-corrected chi connectivity index (χ3v) is 2.52. The van der Waals surface area contributed by atoms with Crippen LogP contribution >= 0.6 is 12.2 Å². The molecular weight excluding hydrogens is 262 g/mol. The third-order valence-electron chi connectivity index (χ3n) is 2.32. The van der Waals surface area contributed by atoms with E-state index in [1.807, 2.05) is 26.0 Å². The molecule has 0 bridgehead atoms. The van der Waals surface area contributed by atoms with Crippen LogP contribution in [0.25, 0.3) is 0 Å². The van der Waals surface area contributed by atoms with Gasteiger partial charge in [0.05, 0.1) is 17.6 Å². The van der Waals surface area contributed by atoms with Gasteiger partial charge in [-0.1, -0.05) is 18.3 Å². The Hall–Kier alpha value is -1.69. The summed E-state index contributed by atoms with van der Waals surface area (Å²) in [5.74, 6) is 0. The second-order valence-corrected chi connectivity index (χ2v) is 4.96. The molecule has 0 aliphatic rings. The molecule has 104 valence electrons. The fourth-order valence-corrected chi connectivity index (χ4v) is 1.56. The van der Waals surface area contributed by atoms with Crippen molar-refractivity contribution in [3.05, 3.63) is 30.1 Å². The second-order valence-electron chi connectivity index (χ2n) is 4.43. The number of pyridine rings is 1. The normalized spacial score (nSPS) is 10.3. The summed E-state index contributed by atoms with van der Waals surface area (Å²) in [4.78, 5) is 18.0. The number of amides is 1. The van der Waals surface area contributed by atoms with E-state index < -0.39 is 0 Å².